The van der Waals surface area contributed by atoms with Crippen LogP contribution in [0.25, 0.3) is 0 Å². The molecule has 1 unspecified atom stereocenters. The summed E-state index contributed by atoms with van der Waals surface area (Å²) in [5, 5.41) is 0. The van der Waals surface area contributed by atoms with Crippen molar-refractivity contribution in [3.8, 4) is 0 Å². The molecule has 0 aromatic heterocycles. The summed E-state index contributed by atoms with van der Waals surface area (Å²) in [5.41, 5.74) is 0. The van der Waals surface area contributed by atoms with Crippen molar-refractivity contribution in [3.63, 3.8) is 0 Å². The molecular weight excluding hydrogens is 208 g/mol. The number of carbonyl (C=O) groups excluding carboxylic acids is 2. The molecule has 16 heavy (non-hydrogen) atoms. The molecule has 0 aromatic carbocycles. The summed E-state index contributed by atoms with van der Waals surface area (Å²) in [4.78, 5) is 26.4. The lowest BCUT2D eigenvalue weighted by atomic mass is 10.2. The maximum Gasteiger partial charge on any atom is 0.409 e. The molecule has 0 bridgehead atoms. The summed E-state index contributed by atoms with van der Waals surface area (Å²) >= 11 is 0. The molecule has 0 spiro atoms. The number of ether oxygens (including phenoxy) is 1. The van der Waals surface area contributed by atoms with E-state index in [4.69, 9.17) is 0 Å². The summed E-state index contributed by atoms with van der Waals surface area (Å²) < 4.78 is 4.65. The van der Waals surface area contributed by atoms with Crippen molar-refractivity contribution in [2.45, 2.75) is 26.3 Å². The number of methoxy groups -OCH3 is 1. The van der Waals surface area contributed by atoms with Crippen molar-refractivity contribution in [1.29, 1.82) is 0 Å². The van der Waals surface area contributed by atoms with Crippen LogP contribution in [0.5, 0.6) is 0 Å². The smallest absolute Gasteiger partial charge is 0.409 e. The van der Waals surface area contributed by atoms with E-state index in [1.807, 2.05) is 18.7 Å². The molecular formula is C11H20N2O3. The van der Waals surface area contributed by atoms with Crippen molar-refractivity contribution in [1.82, 2.24) is 9.80 Å². The summed E-state index contributed by atoms with van der Waals surface area (Å²) in [7, 11) is 3.07. The van der Waals surface area contributed by atoms with Crippen LogP contribution in [0.15, 0.2) is 0 Å². The van der Waals surface area contributed by atoms with E-state index >= 15 is 0 Å². The van der Waals surface area contributed by atoms with Crippen molar-refractivity contribution >= 4 is 12.0 Å². The van der Waals surface area contributed by atoms with Crippen LogP contribution in [0.1, 0.15) is 20.3 Å². The van der Waals surface area contributed by atoms with Crippen molar-refractivity contribution in [2.24, 2.45) is 5.92 Å². The average Bonchev–Trinajstić information content (AvgIpc) is 2.74. The lowest BCUT2D eigenvalue weighted by Gasteiger charge is -2.24. The van der Waals surface area contributed by atoms with Gasteiger partial charge in [-0.1, -0.05) is 13.8 Å². The van der Waals surface area contributed by atoms with Crippen LogP contribution in [0.2, 0.25) is 0 Å². The van der Waals surface area contributed by atoms with Gasteiger partial charge in [-0.05, 0) is 6.42 Å². The summed E-state index contributed by atoms with van der Waals surface area (Å²) in [6.07, 6.45) is 0.480. The number of likely N-dealkylation sites (tertiary alicyclic amines) is 1. The molecule has 0 N–H and O–H groups in total. The van der Waals surface area contributed by atoms with E-state index in [1.54, 1.807) is 11.9 Å². The van der Waals surface area contributed by atoms with Crippen LogP contribution in [0, 0.1) is 5.92 Å². The van der Waals surface area contributed by atoms with Crippen LogP contribution in [-0.4, -0.2) is 55.1 Å². The number of rotatable bonds is 2. The predicted molar refractivity (Wildman–Crippen MR) is 60.0 cm³/mol. The topological polar surface area (TPSA) is 49.9 Å². The molecule has 0 aromatic rings. The number of likely N-dealkylation sites (N-methyl/N-ethyl adjacent to an activating group) is 1. The third-order valence-corrected chi connectivity index (χ3v) is 2.98. The van der Waals surface area contributed by atoms with E-state index in [9.17, 15) is 9.59 Å². The molecule has 2 amide bonds. The first kappa shape index (κ1) is 12.8. The molecule has 5 heteroatoms. The molecule has 1 fully saturated rings. The molecule has 1 aliphatic rings. The minimum absolute atomic E-state index is 0.0159. The van der Waals surface area contributed by atoms with Crippen LogP contribution in [-0.2, 0) is 9.53 Å². The zero-order chi connectivity index (χ0) is 12.3. The zero-order valence-corrected chi connectivity index (χ0v) is 10.4. The second-order valence-electron chi connectivity index (χ2n) is 4.46. The van der Waals surface area contributed by atoms with Gasteiger partial charge in [-0.3, -0.25) is 4.79 Å². The van der Waals surface area contributed by atoms with Crippen molar-refractivity contribution in [2.75, 3.05) is 27.2 Å². The Labute approximate surface area is 96.3 Å². The number of hydrogen-bond acceptors (Lipinski definition) is 3. The van der Waals surface area contributed by atoms with Crippen LogP contribution in [0.4, 0.5) is 4.79 Å². The predicted octanol–water partition coefficient (Wildman–Crippen LogP) is 0.942. The number of carbonyl (C=O) groups is 2. The Hall–Kier alpha value is -1.26. The first-order valence-corrected chi connectivity index (χ1v) is 5.57. The normalized spacial score (nSPS) is 20.1. The highest BCUT2D eigenvalue weighted by Gasteiger charge is 2.31. The molecule has 1 atom stereocenters. The lowest BCUT2D eigenvalue weighted by molar-refractivity contribution is -0.133. The molecule has 0 saturated carbocycles. The third-order valence-electron chi connectivity index (χ3n) is 2.98. The zero-order valence-electron chi connectivity index (χ0n) is 10.4. The Bertz CT molecular complexity index is 278. The number of hydrogen-bond donors (Lipinski definition) is 0. The van der Waals surface area contributed by atoms with Gasteiger partial charge in [-0.25, -0.2) is 4.79 Å². The highest BCUT2D eigenvalue weighted by atomic mass is 16.5. The fraction of sp³-hybridized carbons (Fsp3) is 0.818. The second kappa shape index (κ2) is 5.18. The molecule has 1 rings (SSSR count). The minimum Gasteiger partial charge on any atom is -0.453 e. The van der Waals surface area contributed by atoms with Crippen LogP contribution in [0.3, 0.4) is 0 Å². The summed E-state index contributed by atoms with van der Waals surface area (Å²) in [6, 6.07) is 0.0788. The Morgan fingerprint density at radius 3 is 2.56 bits per heavy atom. The Morgan fingerprint density at radius 1 is 1.44 bits per heavy atom. The van der Waals surface area contributed by atoms with Gasteiger partial charge in [0.05, 0.1) is 13.2 Å². The maximum atomic E-state index is 11.7. The Balaban J connectivity index is 2.52. The van der Waals surface area contributed by atoms with E-state index in [2.05, 4.69) is 4.74 Å². The van der Waals surface area contributed by atoms with Gasteiger partial charge in [0.2, 0.25) is 5.91 Å². The average molecular weight is 228 g/mol. The van der Waals surface area contributed by atoms with E-state index in [-0.39, 0.29) is 24.0 Å². The molecule has 92 valence electrons. The molecule has 0 radical (unpaired) electrons. The van der Waals surface area contributed by atoms with Crippen LogP contribution < -0.4 is 0 Å². The minimum atomic E-state index is -0.344. The summed E-state index contributed by atoms with van der Waals surface area (Å²) in [5.74, 6) is 0.169. The van der Waals surface area contributed by atoms with Gasteiger partial charge >= 0.3 is 6.09 Å². The van der Waals surface area contributed by atoms with Gasteiger partial charge in [0.1, 0.15) is 0 Å². The molecule has 1 heterocycles. The number of nitrogens with zero attached hydrogens (tertiary/aromatic N) is 2. The Morgan fingerprint density at radius 2 is 2.06 bits per heavy atom. The van der Waals surface area contributed by atoms with Gasteiger partial charge in [0.25, 0.3) is 0 Å². The fourth-order valence-electron chi connectivity index (χ4n) is 1.92. The summed E-state index contributed by atoms with van der Waals surface area (Å²) in [6.45, 7) is 5.12. The maximum absolute atomic E-state index is 11.7. The van der Waals surface area contributed by atoms with Crippen molar-refractivity contribution < 1.29 is 14.3 Å². The highest BCUT2D eigenvalue weighted by Crippen LogP contribution is 2.17. The standard InChI is InChI=1S/C11H20N2O3/c1-8(2)10(14)13-6-5-9(7-13)12(3)11(15)16-4/h8-9H,5-7H2,1-4H3. The van der Waals surface area contributed by atoms with Gasteiger partial charge in [-0.15, -0.1) is 0 Å². The van der Waals surface area contributed by atoms with E-state index in [1.165, 1.54) is 7.11 Å². The second-order valence-corrected chi connectivity index (χ2v) is 4.46. The van der Waals surface area contributed by atoms with Gasteiger partial charge in [-0.2, -0.15) is 0 Å². The highest BCUT2D eigenvalue weighted by molar-refractivity contribution is 5.78. The van der Waals surface area contributed by atoms with Gasteiger partial charge in [0.15, 0.2) is 0 Å². The largest absolute Gasteiger partial charge is 0.453 e. The van der Waals surface area contributed by atoms with E-state index in [0.29, 0.717) is 6.54 Å². The Kier molecular flexibility index (Phi) is 4.15. The monoisotopic (exact) mass is 228 g/mol. The van der Waals surface area contributed by atoms with Crippen molar-refractivity contribution in [3.05, 3.63) is 0 Å². The third kappa shape index (κ3) is 2.65. The fourth-order valence-corrected chi connectivity index (χ4v) is 1.92. The lowest BCUT2D eigenvalue weighted by Crippen LogP contribution is -2.40. The van der Waals surface area contributed by atoms with Gasteiger partial charge in [0, 0.05) is 26.1 Å². The van der Waals surface area contributed by atoms with Gasteiger partial charge < -0.3 is 14.5 Å². The first-order valence-electron chi connectivity index (χ1n) is 5.57. The molecule has 0 aliphatic carbocycles. The SMILES string of the molecule is COC(=O)N(C)C1CCN(C(=O)C(C)C)C1. The van der Waals surface area contributed by atoms with E-state index < -0.39 is 0 Å². The quantitative estimate of drug-likeness (QED) is 0.706. The molecule has 1 saturated heterocycles. The molecule has 1 aliphatic heterocycles. The number of amides is 2. The molecule has 5 nitrogen and oxygen atoms in total. The van der Waals surface area contributed by atoms with E-state index in [0.717, 1.165) is 13.0 Å². The van der Waals surface area contributed by atoms with Crippen LogP contribution >= 0.6 is 0 Å². The first-order chi connectivity index (χ1) is 7.47.